The van der Waals surface area contributed by atoms with E-state index in [0.717, 1.165) is 21.2 Å². The van der Waals surface area contributed by atoms with E-state index in [1.54, 1.807) is 34.9 Å². The topological polar surface area (TPSA) is 66.1 Å². The van der Waals surface area contributed by atoms with Crippen molar-refractivity contribution in [3.05, 3.63) is 105 Å². The van der Waals surface area contributed by atoms with E-state index in [1.165, 1.54) is 0 Å². The Morgan fingerprint density at radius 1 is 1.03 bits per heavy atom. The number of aromatic amines is 1. The van der Waals surface area contributed by atoms with Crippen LogP contribution in [0, 0.1) is 0 Å². The van der Waals surface area contributed by atoms with Gasteiger partial charge in [0, 0.05) is 27.8 Å². The molecule has 0 spiro atoms. The third-order valence-corrected chi connectivity index (χ3v) is 6.43. The van der Waals surface area contributed by atoms with Gasteiger partial charge in [-0.15, -0.1) is 11.8 Å². The van der Waals surface area contributed by atoms with Crippen molar-refractivity contribution in [2.24, 2.45) is 0 Å². The van der Waals surface area contributed by atoms with E-state index in [-0.39, 0.29) is 18.0 Å². The van der Waals surface area contributed by atoms with Crippen molar-refractivity contribution in [2.75, 3.05) is 6.54 Å². The van der Waals surface area contributed by atoms with Gasteiger partial charge in [0.05, 0.1) is 17.4 Å². The first-order valence-electron chi connectivity index (χ1n) is 10.3. The van der Waals surface area contributed by atoms with Crippen LogP contribution in [-0.2, 0) is 12.3 Å². The number of thioether (sulfide) groups is 1. The molecule has 0 aliphatic heterocycles. The quantitative estimate of drug-likeness (QED) is 0.366. The molecule has 0 unspecified atom stereocenters. The summed E-state index contributed by atoms with van der Waals surface area (Å²) in [5, 5.41) is 1.26. The SMILES string of the molecule is CCN(Cc1nc2ccccc2c(=O)[nH]1)C(=O)c1ccc(CSc2ccc(Cl)cc2)cc1. The summed E-state index contributed by atoms with van der Waals surface area (Å²) >= 11 is 7.65. The minimum atomic E-state index is -0.198. The predicted octanol–water partition coefficient (Wildman–Crippen LogP) is 5.53. The number of carbonyl (C=O) groups is 1. The van der Waals surface area contributed by atoms with Crippen LogP contribution in [0.25, 0.3) is 10.9 Å². The fourth-order valence-corrected chi connectivity index (χ4v) is 4.32. The van der Waals surface area contributed by atoms with Crippen molar-refractivity contribution in [3.8, 4) is 0 Å². The number of hydrogen-bond acceptors (Lipinski definition) is 4. The zero-order valence-electron chi connectivity index (χ0n) is 17.5. The molecule has 0 aliphatic rings. The summed E-state index contributed by atoms with van der Waals surface area (Å²) in [4.78, 5) is 35.5. The van der Waals surface area contributed by atoms with Crippen molar-refractivity contribution in [1.29, 1.82) is 0 Å². The summed E-state index contributed by atoms with van der Waals surface area (Å²) < 4.78 is 0. The number of nitrogens with zero attached hydrogens (tertiary/aromatic N) is 2. The van der Waals surface area contributed by atoms with Gasteiger partial charge in [0.2, 0.25) is 0 Å². The first-order valence-corrected chi connectivity index (χ1v) is 11.6. The molecule has 0 fully saturated rings. The van der Waals surface area contributed by atoms with Gasteiger partial charge in [-0.3, -0.25) is 9.59 Å². The van der Waals surface area contributed by atoms with Gasteiger partial charge in [0.25, 0.3) is 11.5 Å². The summed E-state index contributed by atoms with van der Waals surface area (Å²) in [7, 11) is 0. The lowest BCUT2D eigenvalue weighted by molar-refractivity contribution is 0.0748. The number of hydrogen-bond donors (Lipinski definition) is 1. The number of nitrogens with one attached hydrogen (secondary N) is 1. The Morgan fingerprint density at radius 2 is 1.75 bits per heavy atom. The molecule has 0 saturated carbocycles. The van der Waals surface area contributed by atoms with Crippen LogP contribution in [0.15, 0.2) is 82.5 Å². The van der Waals surface area contributed by atoms with Crippen molar-refractivity contribution in [1.82, 2.24) is 14.9 Å². The molecule has 4 rings (SSSR count). The summed E-state index contributed by atoms with van der Waals surface area (Å²) in [6, 6.07) is 22.6. The third kappa shape index (κ3) is 5.21. The zero-order valence-corrected chi connectivity index (χ0v) is 19.1. The highest BCUT2D eigenvalue weighted by atomic mass is 35.5. The van der Waals surface area contributed by atoms with Crippen molar-refractivity contribution in [3.63, 3.8) is 0 Å². The normalized spacial score (nSPS) is 10.9. The van der Waals surface area contributed by atoms with E-state index < -0.39 is 0 Å². The number of halogens is 1. The molecule has 0 aliphatic carbocycles. The van der Waals surface area contributed by atoms with E-state index >= 15 is 0 Å². The van der Waals surface area contributed by atoms with Gasteiger partial charge in [0.15, 0.2) is 0 Å². The smallest absolute Gasteiger partial charge is 0.258 e. The van der Waals surface area contributed by atoms with E-state index in [1.807, 2.05) is 61.5 Å². The third-order valence-electron chi connectivity index (χ3n) is 5.09. The average molecular weight is 464 g/mol. The van der Waals surface area contributed by atoms with E-state index in [0.29, 0.717) is 28.8 Å². The van der Waals surface area contributed by atoms with Gasteiger partial charge in [-0.2, -0.15) is 0 Å². The van der Waals surface area contributed by atoms with Crippen molar-refractivity contribution in [2.45, 2.75) is 24.1 Å². The first kappa shape index (κ1) is 22.1. The second kappa shape index (κ2) is 10.0. The van der Waals surface area contributed by atoms with Crippen LogP contribution in [0.5, 0.6) is 0 Å². The lowest BCUT2D eigenvalue weighted by Crippen LogP contribution is -2.32. The zero-order chi connectivity index (χ0) is 22.5. The van der Waals surface area contributed by atoms with Crippen LogP contribution >= 0.6 is 23.4 Å². The summed E-state index contributed by atoms with van der Waals surface area (Å²) in [5.41, 5.74) is 2.16. The Kier molecular flexibility index (Phi) is 6.93. The highest BCUT2D eigenvalue weighted by molar-refractivity contribution is 7.98. The molecule has 5 nitrogen and oxygen atoms in total. The van der Waals surface area contributed by atoms with Crippen LogP contribution in [0.4, 0.5) is 0 Å². The van der Waals surface area contributed by atoms with Gasteiger partial charge in [-0.05, 0) is 61.0 Å². The number of aromatic nitrogens is 2. The highest BCUT2D eigenvalue weighted by Gasteiger charge is 2.16. The molecular formula is C25H22ClN3O2S. The highest BCUT2D eigenvalue weighted by Crippen LogP contribution is 2.24. The molecule has 1 aromatic heterocycles. The lowest BCUT2D eigenvalue weighted by atomic mass is 10.1. The molecule has 1 amide bonds. The standard InChI is InChI=1S/C25H22ClN3O2S/c1-2-29(15-23-27-22-6-4-3-5-21(22)24(30)28-23)25(31)18-9-7-17(8-10-18)16-32-20-13-11-19(26)12-14-20/h3-14H,2,15-16H2,1H3,(H,27,28,30). The monoisotopic (exact) mass is 463 g/mol. The molecule has 3 aromatic carbocycles. The summed E-state index contributed by atoms with van der Waals surface area (Å²) in [6.45, 7) is 2.65. The van der Waals surface area contributed by atoms with E-state index in [9.17, 15) is 9.59 Å². The number of fused-ring (bicyclic) bond motifs is 1. The number of amides is 1. The largest absolute Gasteiger partial charge is 0.331 e. The van der Waals surface area contributed by atoms with Crippen LogP contribution in [0.3, 0.4) is 0 Å². The van der Waals surface area contributed by atoms with Crippen LogP contribution < -0.4 is 5.56 Å². The molecule has 162 valence electrons. The first-order chi connectivity index (χ1) is 15.5. The maximum atomic E-state index is 13.0. The molecule has 0 saturated heterocycles. The molecule has 4 aromatic rings. The minimum absolute atomic E-state index is 0.0970. The van der Waals surface area contributed by atoms with Gasteiger partial charge in [-0.1, -0.05) is 35.9 Å². The molecule has 1 N–H and O–H groups in total. The lowest BCUT2D eigenvalue weighted by Gasteiger charge is -2.20. The Bertz CT molecular complexity index is 1290. The number of benzene rings is 3. The molecule has 32 heavy (non-hydrogen) atoms. The van der Waals surface area contributed by atoms with Gasteiger partial charge in [0.1, 0.15) is 5.82 Å². The molecule has 7 heteroatoms. The fraction of sp³-hybridized carbons (Fsp3) is 0.160. The minimum Gasteiger partial charge on any atom is -0.331 e. The Labute approximate surface area is 195 Å². The van der Waals surface area contributed by atoms with Crippen LogP contribution in [0.1, 0.15) is 28.7 Å². The van der Waals surface area contributed by atoms with Gasteiger partial charge >= 0.3 is 0 Å². The van der Waals surface area contributed by atoms with E-state index in [2.05, 4.69) is 9.97 Å². The van der Waals surface area contributed by atoms with Crippen molar-refractivity contribution >= 4 is 40.2 Å². The second-order valence-electron chi connectivity index (χ2n) is 7.29. The molecule has 1 heterocycles. The second-order valence-corrected chi connectivity index (χ2v) is 8.77. The Hall–Kier alpha value is -3.09. The number of rotatable bonds is 7. The molecule has 0 atom stereocenters. The van der Waals surface area contributed by atoms with Gasteiger partial charge < -0.3 is 9.88 Å². The number of carbonyl (C=O) groups excluding carboxylic acids is 1. The number of para-hydroxylation sites is 1. The molecule has 0 bridgehead atoms. The molecule has 0 radical (unpaired) electrons. The fourth-order valence-electron chi connectivity index (χ4n) is 3.34. The van der Waals surface area contributed by atoms with Crippen LogP contribution in [-0.4, -0.2) is 27.3 Å². The summed E-state index contributed by atoms with van der Waals surface area (Å²) in [5.74, 6) is 1.18. The Balaban J connectivity index is 1.44. The predicted molar refractivity (Wildman–Crippen MR) is 130 cm³/mol. The molecular weight excluding hydrogens is 442 g/mol. The Morgan fingerprint density at radius 3 is 2.47 bits per heavy atom. The van der Waals surface area contributed by atoms with Crippen LogP contribution in [0.2, 0.25) is 5.02 Å². The maximum Gasteiger partial charge on any atom is 0.258 e. The average Bonchev–Trinajstić information content (AvgIpc) is 2.82. The van der Waals surface area contributed by atoms with Crippen molar-refractivity contribution < 1.29 is 4.79 Å². The van der Waals surface area contributed by atoms with E-state index in [4.69, 9.17) is 11.6 Å². The summed E-state index contributed by atoms with van der Waals surface area (Å²) in [6.07, 6.45) is 0. The maximum absolute atomic E-state index is 13.0. The number of H-pyrrole nitrogens is 1. The van der Waals surface area contributed by atoms with Gasteiger partial charge in [-0.25, -0.2) is 4.98 Å².